The van der Waals surface area contributed by atoms with Crippen LogP contribution in [0.4, 0.5) is 0 Å². The van der Waals surface area contributed by atoms with Crippen molar-refractivity contribution in [1.82, 2.24) is 0 Å². The van der Waals surface area contributed by atoms with Gasteiger partial charge in [-0.3, -0.25) is 4.79 Å². The predicted octanol–water partition coefficient (Wildman–Crippen LogP) is 9.42. The zero-order valence-corrected chi connectivity index (χ0v) is 34.0. The molecular weight excluding hydrogens is 672 g/mol. The van der Waals surface area contributed by atoms with Crippen LogP contribution in [0.2, 0.25) is 0 Å². The summed E-state index contributed by atoms with van der Waals surface area (Å²) in [6.45, 7) is 4.43. The number of unbranched alkanes of at least 4 members (excludes halogenated alkanes) is 22. The molecule has 0 aromatic carbocycles. The molecular formula is C44H82O9. The van der Waals surface area contributed by atoms with Gasteiger partial charge in [0.05, 0.1) is 19.8 Å². The standard InChI is InChI=1S/C44H82O9/c1-3-5-7-9-10-11-12-13-14-15-16-17-18-19-20-21-22-23-24-25-26-27-28-29-30-32-34-50-36-38(52-40(46)33-31-8-6-4-2)37-51-44-43(49)42(48)41(47)39(35-45)53-44/h12-13,15-16,38-39,41-45,47-49H,3-11,14,17-37H2,1-2H3/b13-12-,16-15-. The minimum Gasteiger partial charge on any atom is -0.457 e. The maximum atomic E-state index is 12.5. The van der Waals surface area contributed by atoms with Crippen molar-refractivity contribution in [2.45, 2.75) is 224 Å². The van der Waals surface area contributed by atoms with Crippen molar-refractivity contribution in [1.29, 1.82) is 0 Å². The molecule has 1 aliphatic heterocycles. The average Bonchev–Trinajstić information content (AvgIpc) is 3.16. The van der Waals surface area contributed by atoms with Crippen LogP contribution < -0.4 is 0 Å². The molecule has 0 bridgehead atoms. The van der Waals surface area contributed by atoms with Crippen LogP contribution in [-0.2, 0) is 23.7 Å². The Bertz CT molecular complexity index is 864. The third-order valence-corrected chi connectivity index (χ3v) is 10.1. The van der Waals surface area contributed by atoms with Gasteiger partial charge in [0, 0.05) is 13.0 Å². The van der Waals surface area contributed by atoms with Gasteiger partial charge in [-0.25, -0.2) is 0 Å². The Kier molecular flexibility index (Phi) is 34.0. The van der Waals surface area contributed by atoms with Crippen molar-refractivity contribution >= 4 is 5.97 Å². The van der Waals surface area contributed by atoms with Crippen molar-refractivity contribution < 1.29 is 44.2 Å². The van der Waals surface area contributed by atoms with Crippen LogP contribution in [0.25, 0.3) is 0 Å². The molecule has 0 amide bonds. The summed E-state index contributed by atoms with van der Waals surface area (Å²) in [5.74, 6) is -0.330. The van der Waals surface area contributed by atoms with Crippen molar-refractivity contribution in [3.05, 3.63) is 24.3 Å². The van der Waals surface area contributed by atoms with Crippen molar-refractivity contribution in [2.24, 2.45) is 0 Å². The molecule has 6 unspecified atom stereocenters. The van der Waals surface area contributed by atoms with E-state index in [1.54, 1.807) is 0 Å². The van der Waals surface area contributed by atoms with Gasteiger partial charge in [0.2, 0.25) is 0 Å². The predicted molar refractivity (Wildman–Crippen MR) is 215 cm³/mol. The number of hydrogen-bond donors (Lipinski definition) is 4. The van der Waals surface area contributed by atoms with Crippen LogP contribution in [0.15, 0.2) is 24.3 Å². The number of hydrogen-bond acceptors (Lipinski definition) is 9. The molecule has 0 aliphatic carbocycles. The maximum Gasteiger partial charge on any atom is 0.306 e. The Morgan fingerprint density at radius 1 is 0.604 bits per heavy atom. The van der Waals surface area contributed by atoms with E-state index in [1.165, 1.54) is 122 Å². The van der Waals surface area contributed by atoms with E-state index < -0.39 is 43.4 Å². The highest BCUT2D eigenvalue weighted by atomic mass is 16.7. The molecule has 1 fully saturated rings. The first kappa shape index (κ1) is 49.7. The number of allylic oxidation sites excluding steroid dienone is 4. The summed E-state index contributed by atoms with van der Waals surface area (Å²) >= 11 is 0. The summed E-state index contributed by atoms with van der Waals surface area (Å²) in [6, 6.07) is 0. The Labute approximate surface area is 324 Å². The molecule has 4 N–H and O–H groups in total. The Morgan fingerprint density at radius 3 is 1.62 bits per heavy atom. The van der Waals surface area contributed by atoms with Gasteiger partial charge in [-0.05, 0) is 44.9 Å². The third-order valence-electron chi connectivity index (χ3n) is 10.1. The summed E-state index contributed by atoms with van der Waals surface area (Å²) in [6.07, 6.45) is 34.3. The fourth-order valence-corrected chi connectivity index (χ4v) is 6.64. The number of esters is 1. The normalized spacial score (nSPS) is 21.2. The van der Waals surface area contributed by atoms with Crippen molar-refractivity contribution in [2.75, 3.05) is 26.4 Å². The second-order valence-corrected chi connectivity index (χ2v) is 15.1. The summed E-state index contributed by atoms with van der Waals surface area (Å²) in [7, 11) is 0. The molecule has 1 rings (SSSR count). The van der Waals surface area contributed by atoms with Crippen LogP contribution in [0, 0.1) is 0 Å². The molecule has 0 aromatic rings. The lowest BCUT2D eigenvalue weighted by Crippen LogP contribution is -2.59. The van der Waals surface area contributed by atoms with Crippen LogP contribution in [0.1, 0.15) is 187 Å². The van der Waals surface area contributed by atoms with E-state index in [2.05, 4.69) is 38.2 Å². The third kappa shape index (κ3) is 27.8. The van der Waals surface area contributed by atoms with Crippen LogP contribution >= 0.6 is 0 Å². The van der Waals surface area contributed by atoms with Gasteiger partial charge >= 0.3 is 5.97 Å². The smallest absolute Gasteiger partial charge is 0.306 e. The number of ether oxygens (including phenoxy) is 4. The van der Waals surface area contributed by atoms with E-state index in [0.717, 1.165) is 44.9 Å². The molecule has 53 heavy (non-hydrogen) atoms. The monoisotopic (exact) mass is 755 g/mol. The molecule has 6 atom stereocenters. The van der Waals surface area contributed by atoms with Gasteiger partial charge < -0.3 is 39.4 Å². The molecule has 9 heteroatoms. The summed E-state index contributed by atoms with van der Waals surface area (Å²) in [5, 5.41) is 39.8. The SMILES string of the molecule is CCCCCCC/C=C\C/C=C\CCCCCCCCCCCCCCCCOCC(COC1OC(CO)C(O)C(O)C1O)OC(=O)CCCCCC. The molecule has 0 radical (unpaired) electrons. The second-order valence-electron chi connectivity index (χ2n) is 15.1. The lowest BCUT2D eigenvalue weighted by atomic mass is 9.99. The van der Waals surface area contributed by atoms with E-state index in [4.69, 9.17) is 18.9 Å². The minimum absolute atomic E-state index is 0.112. The first-order chi connectivity index (χ1) is 25.9. The molecule has 0 spiro atoms. The fourth-order valence-electron chi connectivity index (χ4n) is 6.64. The van der Waals surface area contributed by atoms with Gasteiger partial charge in [-0.2, -0.15) is 0 Å². The van der Waals surface area contributed by atoms with Crippen LogP contribution in [0.3, 0.4) is 0 Å². The molecule has 1 saturated heterocycles. The zero-order chi connectivity index (χ0) is 38.6. The largest absolute Gasteiger partial charge is 0.457 e. The van der Waals surface area contributed by atoms with Gasteiger partial charge in [0.15, 0.2) is 6.29 Å². The number of rotatable bonds is 37. The van der Waals surface area contributed by atoms with Gasteiger partial charge in [-0.1, -0.05) is 160 Å². The van der Waals surface area contributed by atoms with E-state index in [1.807, 2.05) is 0 Å². The molecule has 0 aromatic heterocycles. The number of aliphatic hydroxyl groups excluding tert-OH is 4. The zero-order valence-electron chi connectivity index (χ0n) is 34.0. The highest BCUT2D eigenvalue weighted by Crippen LogP contribution is 2.22. The highest BCUT2D eigenvalue weighted by Gasteiger charge is 2.44. The lowest BCUT2D eigenvalue weighted by Gasteiger charge is -2.39. The van der Waals surface area contributed by atoms with E-state index in [9.17, 15) is 25.2 Å². The van der Waals surface area contributed by atoms with E-state index in [0.29, 0.717) is 13.0 Å². The van der Waals surface area contributed by atoms with Gasteiger partial charge in [0.1, 0.15) is 30.5 Å². The van der Waals surface area contributed by atoms with Crippen molar-refractivity contribution in [3.63, 3.8) is 0 Å². The lowest BCUT2D eigenvalue weighted by molar-refractivity contribution is -0.305. The second kappa shape index (κ2) is 36.3. The minimum atomic E-state index is -1.53. The van der Waals surface area contributed by atoms with Crippen LogP contribution in [0.5, 0.6) is 0 Å². The Balaban J connectivity index is 2.04. The molecule has 1 aliphatic rings. The Hall–Kier alpha value is -1.33. The van der Waals surface area contributed by atoms with E-state index in [-0.39, 0.29) is 19.2 Å². The Morgan fingerprint density at radius 2 is 1.09 bits per heavy atom. The highest BCUT2D eigenvalue weighted by molar-refractivity contribution is 5.69. The first-order valence-electron chi connectivity index (χ1n) is 21.9. The quantitative estimate of drug-likeness (QED) is 0.0278. The molecule has 1 heterocycles. The van der Waals surface area contributed by atoms with E-state index >= 15 is 0 Å². The maximum absolute atomic E-state index is 12.5. The average molecular weight is 755 g/mol. The summed E-state index contributed by atoms with van der Waals surface area (Å²) in [4.78, 5) is 12.5. The molecule has 0 saturated carbocycles. The summed E-state index contributed by atoms with van der Waals surface area (Å²) in [5.41, 5.74) is 0. The topological polar surface area (TPSA) is 135 Å². The fraction of sp³-hybridized carbons (Fsp3) is 0.886. The summed E-state index contributed by atoms with van der Waals surface area (Å²) < 4.78 is 22.6. The number of carbonyl (C=O) groups excluding carboxylic acids is 1. The van der Waals surface area contributed by atoms with Crippen LogP contribution in [-0.4, -0.2) is 89.6 Å². The van der Waals surface area contributed by atoms with Gasteiger partial charge in [0.25, 0.3) is 0 Å². The van der Waals surface area contributed by atoms with Gasteiger partial charge in [-0.15, -0.1) is 0 Å². The molecule has 9 nitrogen and oxygen atoms in total. The molecule has 312 valence electrons. The number of aliphatic hydroxyl groups is 4. The first-order valence-corrected chi connectivity index (χ1v) is 21.9. The van der Waals surface area contributed by atoms with Crippen molar-refractivity contribution in [3.8, 4) is 0 Å². The number of carbonyl (C=O) groups is 1.